The van der Waals surface area contributed by atoms with Gasteiger partial charge < -0.3 is 52.7 Å². The first-order chi connectivity index (χ1) is 24.1. The third-order valence-corrected chi connectivity index (χ3v) is 7.21. The van der Waals surface area contributed by atoms with Gasteiger partial charge in [0.05, 0.1) is 12.1 Å². The van der Waals surface area contributed by atoms with E-state index in [1.165, 1.54) is 6.92 Å². The van der Waals surface area contributed by atoms with Crippen molar-refractivity contribution in [3.63, 3.8) is 0 Å². The van der Waals surface area contributed by atoms with Gasteiger partial charge in [-0.25, -0.2) is 0 Å². The van der Waals surface area contributed by atoms with E-state index in [2.05, 4.69) is 5.32 Å². The zero-order valence-corrected chi connectivity index (χ0v) is 31.0. The van der Waals surface area contributed by atoms with Crippen LogP contribution in [0.5, 0.6) is 0 Å². The summed E-state index contributed by atoms with van der Waals surface area (Å²) in [7, 11) is 0. The minimum Gasteiger partial charge on any atom is -0.463 e. The summed E-state index contributed by atoms with van der Waals surface area (Å²) in [4.78, 5) is 98.3. The summed E-state index contributed by atoms with van der Waals surface area (Å²) in [6.07, 6.45) is -13.6. The van der Waals surface area contributed by atoms with E-state index in [0.717, 1.165) is 41.5 Å². The highest BCUT2D eigenvalue weighted by atomic mass is 16.8. The van der Waals surface area contributed by atoms with Crippen molar-refractivity contribution >= 4 is 47.7 Å². The molecular formula is C33H49NO18. The molecule has 2 saturated heterocycles. The lowest BCUT2D eigenvalue weighted by Crippen LogP contribution is -2.68. The molecule has 0 aliphatic carbocycles. The van der Waals surface area contributed by atoms with Crippen LogP contribution in [0.3, 0.4) is 0 Å². The van der Waals surface area contributed by atoms with Crippen molar-refractivity contribution in [2.45, 2.75) is 149 Å². The fourth-order valence-corrected chi connectivity index (χ4v) is 5.61. The molecule has 0 aromatic carbocycles. The molecule has 19 heteroatoms. The molecule has 10 atom stereocenters. The Bertz CT molecular complexity index is 1330. The molecule has 0 saturated carbocycles. The van der Waals surface area contributed by atoms with E-state index < -0.39 is 128 Å². The Morgan fingerprint density at radius 2 is 1.02 bits per heavy atom. The van der Waals surface area contributed by atoms with Gasteiger partial charge in [0, 0.05) is 54.9 Å². The molecular weight excluding hydrogens is 698 g/mol. The lowest BCUT2D eigenvalue weighted by molar-refractivity contribution is -0.339. The van der Waals surface area contributed by atoms with Crippen molar-refractivity contribution in [2.75, 3.05) is 13.2 Å². The molecule has 0 radical (unpaired) electrons. The van der Waals surface area contributed by atoms with Gasteiger partial charge in [-0.05, 0) is 27.2 Å². The molecule has 0 aromatic heterocycles. The zero-order chi connectivity index (χ0) is 39.5. The van der Waals surface area contributed by atoms with Crippen LogP contribution in [0.4, 0.5) is 0 Å². The van der Waals surface area contributed by atoms with Gasteiger partial charge in [-0.3, -0.25) is 38.4 Å². The maximum atomic E-state index is 12.7. The number of amides is 1. The molecule has 52 heavy (non-hydrogen) atoms. The second-order valence-corrected chi connectivity index (χ2v) is 13.1. The minimum absolute atomic E-state index is 0.0695. The van der Waals surface area contributed by atoms with E-state index in [9.17, 15) is 38.4 Å². The van der Waals surface area contributed by atoms with Crippen molar-refractivity contribution in [2.24, 2.45) is 0 Å². The third kappa shape index (κ3) is 14.3. The fraction of sp³-hybridized carbons (Fsp3) is 0.758. The molecule has 0 unspecified atom stereocenters. The molecule has 19 nitrogen and oxygen atoms in total. The molecule has 0 spiro atoms. The monoisotopic (exact) mass is 747 g/mol. The minimum atomic E-state index is -1.77. The summed E-state index contributed by atoms with van der Waals surface area (Å²) in [6, 6.07) is -1.20. The largest absolute Gasteiger partial charge is 0.463 e. The van der Waals surface area contributed by atoms with Gasteiger partial charge in [0.1, 0.15) is 37.1 Å². The zero-order valence-electron chi connectivity index (χ0n) is 31.0. The molecule has 2 heterocycles. The summed E-state index contributed by atoms with van der Waals surface area (Å²) < 4.78 is 56.5. The van der Waals surface area contributed by atoms with Crippen LogP contribution in [-0.2, 0) is 85.7 Å². The van der Waals surface area contributed by atoms with Crippen LogP contribution in [0.15, 0.2) is 0 Å². The Morgan fingerprint density at radius 3 is 1.48 bits per heavy atom. The highest BCUT2D eigenvalue weighted by Crippen LogP contribution is 2.35. The number of hydrogen-bond acceptors (Lipinski definition) is 18. The lowest BCUT2D eigenvalue weighted by atomic mass is 9.89. The smallest absolute Gasteiger partial charge is 0.306 e. The van der Waals surface area contributed by atoms with Crippen molar-refractivity contribution in [3.05, 3.63) is 0 Å². The number of carbonyl (C=O) groups excluding carboxylic acids is 8. The van der Waals surface area contributed by atoms with E-state index in [4.69, 9.17) is 47.4 Å². The molecule has 1 N–H and O–H groups in total. The van der Waals surface area contributed by atoms with Crippen LogP contribution in [-0.4, -0.2) is 128 Å². The number of esters is 7. The Hall–Kier alpha value is -4.36. The summed E-state index contributed by atoms with van der Waals surface area (Å²) >= 11 is 0. The summed E-state index contributed by atoms with van der Waals surface area (Å²) in [6.45, 7) is 11.6. The molecule has 2 rings (SSSR count). The Morgan fingerprint density at radius 1 is 0.558 bits per heavy atom. The number of rotatable bonds is 14. The first kappa shape index (κ1) is 43.8. The van der Waals surface area contributed by atoms with Gasteiger partial charge in [0.2, 0.25) is 5.91 Å². The van der Waals surface area contributed by atoms with Crippen LogP contribution in [0, 0.1) is 0 Å². The maximum absolute atomic E-state index is 12.7. The molecule has 2 fully saturated rings. The van der Waals surface area contributed by atoms with E-state index in [1.807, 2.05) is 0 Å². The number of carbonyl (C=O) groups is 8. The Kier molecular flexibility index (Phi) is 16.4. The summed E-state index contributed by atoms with van der Waals surface area (Å²) in [5.74, 6) is -6.15. The normalized spacial score (nSPS) is 28.7. The van der Waals surface area contributed by atoms with Crippen molar-refractivity contribution in [3.8, 4) is 0 Å². The molecule has 2 aliphatic rings. The number of ether oxygens (including phenoxy) is 10. The molecule has 0 bridgehead atoms. The predicted octanol–water partition coefficient (Wildman–Crippen LogP) is 0.344. The van der Waals surface area contributed by atoms with Gasteiger partial charge in [-0.1, -0.05) is 0 Å². The number of hydrogen-bond donors (Lipinski definition) is 1. The van der Waals surface area contributed by atoms with Crippen molar-refractivity contribution < 1.29 is 85.7 Å². The van der Waals surface area contributed by atoms with Crippen LogP contribution >= 0.6 is 0 Å². The van der Waals surface area contributed by atoms with Gasteiger partial charge >= 0.3 is 41.8 Å². The Balaban J connectivity index is 2.71. The van der Waals surface area contributed by atoms with E-state index in [0.29, 0.717) is 0 Å². The average Bonchev–Trinajstić information content (AvgIpc) is 2.97. The second-order valence-electron chi connectivity index (χ2n) is 13.1. The van der Waals surface area contributed by atoms with E-state index in [-0.39, 0.29) is 12.8 Å². The first-order valence-corrected chi connectivity index (χ1v) is 16.5. The number of nitrogens with one attached hydrogen (secondary N) is 1. The quantitative estimate of drug-likeness (QED) is 0.186. The van der Waals surface area contributed by atoms with Crippen LogP contribution < -0.4 is 5.32 Å². The highest BCUT2D eigenvalue weighted by molar-refractivity contribution is 5.74. The fourth-order valence-electron chi connectivity index (χ4n) is 5.61. The molecule has 1 amide bonds. The van der Waals surface area contributed by atoms with Gasteiger partial charge in [0.15, 0.2) is 30.7 Å². The summed E-state index contributed by atoms with van der Waals surface area (Å²) in [5, 5.41) is 2.67. The maximum Gasteiger partial charge on any atom is 0.306 e. The highest BCUT2D eigenvalue weighted by Gasteiger charge is 2.56. The second kappa shape index (κ2) is 19.5. The first-order valence-electron chi connectivity index (χ1n) is 16.5. The van der Waals surface area contributed by atoms with Crippen LogP contribution in [0.25, 0.3) is 0 Å². The van der Waals surface area contributed by atoms with Crippen molar-refractivity contribution in [1.29, 1.82) is 0 Å². The molecule has 294 valence electrons. The molecule has 0 aromatic rings. The SMILES string of the molecule is CC(=O)N[C@@H]1[C@@H](OC(C)=O)[C@H](O[C@@H]2O[C@H](COC(C)=O)[C@H](OC(C)=O)[C@H](OC(C)=O)[C@H]2OC(C)=O)[C@@H](COC(C)=O)O[C@@H]1CCC(=O)OC(C)(C)C. The van der Waals surface area contributed by atoms with E-state index in [1.54, 1.807) is 20.8 Å². The third-order valence-electron chi connectivity index (χ3n) is 7.21. The standard InChI is InChI=1S/C33H49NO18/c1-15(35)34-26-22(11-12-25(42)52-33(8,9)10)49-23(13-43-16(2)36)27(29(26)46-19(5)39)51-32-31(48-21(7)41)30(47-20(6)40)28(45-18(4)38)24(50-32)14-44-17(3)37/h22-24,26-32H,11-14H2,1-10H3,(H,34,35)/t22-,23-,24-,26+,27-,28+,29-,30+,31-,32+/m1/s1. The topological polar surface area (TPSA) is 241 Å². The van der Waals surface area contributed by atoms with Gasteiger partial charge in [-0.2, -0.15) is 0 Å². The van der Waals surface area contributed by atoms with E-state index >= 15 is 0 Å². The van der Waals surface area contributed by atoms with Gasteiger partial charge in [-0.15, -0.1) is 0 Å². The molecule has 2 aliphatic heterocycles. The average molecular weight is 748 g/mol. The van der Waals surface area contributed by atoms with Crippen LogP contribution in [0.1, 0.15) is 82.1 Å². The van der Waals surface area contributed by atoms with Crippen LogP contribution in [0.2, 0.25) is 0 Å². The predicted molar refractivity (Wildman–Crippen MR) is 170 cm³/mol. The Labute approximate surface area is 300 Å². The van der Waals surface area contributed by atoms with Gasteiger partial charge in [0.25, 0.3) is 0 Å². The summed E-state index contributed by atoms with van der Waals surface area (Å²) in [5.41, 5.74) is -0.803. The lowest BCUT2D eigenvalue weighted by Gasteiger charge is -2.49. The van der Waals surface area contributed by atoms with Crippen molar-refractivity contribution in [1.82, 2.24) is 5.32 Å².